The molecule has 0 atom stereocenters. The van der Waals surface area contributed by atoms with Crippen molar-refractivity contribution in [3.05, 3.63) is 29.8 Å². The van der Waals surface area contributed by atoms with E-state index in [0.717, 1.165) is 44.5 Å². The van der Waals surface area contributed by atoms with Crippen molar-refractivity contribution < 1.29 is 9.53 Å². The molecule has 1 rings (SSSR count). The first-order chi connectivity index (χ1) is 11.9. The summed E-state index contributed by atoms with van der Waals surface area (Å²) in [4.78, 5) is 14.1. The molecule has 0 aliphatic heterocycles. The third kappa shape index (κ3) is 8.28. The molecule has 0 saturated heterocycles. The highest BCUT2D eigenvalue weighted by molar-refractivity contribution is 5.74. The van der Waals surface area contributed by atoms with E-state index in [1.807, 2.05) is 17.0 Å². The quantitative estimate of drug-likeness (QED) is 0.606. The monoisotopic (exact) mass is 348 g/mol. The van der Waals surface area contributed by atoms with E-state index in [0.29, 0.717) is 13.2 Å². The van der Waals surface area contributed by atoms with E-state index in [1.54, 1.807) is 0 Å². The Hall–Kier alpha value is -1.71. The van der Waals surface area contributed by atoms with Crippen molar-refractivity contribution in [1.29, 1.82) is 0 Å². The number of ether oxygens (including phenoxy) is 1. The molecule has 2 amide bonds. The number of urea groups is 1. The summed E-state index contributed by atoms with van der Waals surface area (Å²) >= 11 is 0. The van der Waals surface area contributed by atoms with E-state index < -0.39 is 0 Å². The molecule has 0 aliphatic rings. The number of amides is 2. The third-order valence-electron chi connectivity index (χ3n) is 4.15. The number of carbonyl (C=O) groups is 1. The molecule has 0 saturated carbocycles. The number of unbranched alkanes of at least 4 members (excludes halogenated alkanes) is 1. The van der Waals surface area contributed by atoms with E-state index in [2.05, 4.69) is 52.1 Å². The summed E-state index contributed by atoms with van der Waals surface area (Å²) in [6.45, 7) is 13.8. The Kier molecular flexibility index (Phi) is 9.40. The first-order valence-corrected chi connectivity index (χ1v) is 9.64. The van der Waals surface area contributed by atoms with Crippen molar-refractivity contribution >= 4 is 6.03 Å². The maximum Gasteiger partial charge on any atom is 0.317 e. The van der Waals surface area contributed by atoms with Gasteiger partial charge in [0.05, 0.1) is 6.61 Å². The number of hydrogen-bond acceptors (Lipinski definition) is 2. The fraction of sp³-hybridized carbons (Fsp3) is 0.667. The van der Waals surface area contributed by atoms with Gasteiger partial charge in [0.15, 0.2) is 0 Å². The number of rotatable bonds is 10. The van der Waals surface area contributed by atoms with Gasteiger partial charge in [-0.15, -0.1) is 0 Å². The van der Waals surface area contributed by atoms with Crippen LogP contribution in [0, 0.1) is 0 Å². The van der Waals surface area contributed by atoms with Gasteiger partial charge in [0.2, 0.25) is 0 Å². The minimum absolute atomic E-state index is 0.0461. The van der Waals surface area contributed by atoms with Crippen LogP contribution in [-0.2, 0) is 5.41 Å². The van der Waals surface area contributed by atoms with Crippen molar-refractivity contribution in [3.63, 3.8) is 0 Å². The van der Waals surface area contributed by atoms with Crippen LogP contribution in [0.25, 0.3) is 0 Å². The fourth-order valence-corrected chi connectivity index (χ4v) is 2.55. The molecule has 25 heavy (non-hydrogen) atoms. The Balaban J connectivity index is 2.27. The van der Waals surface area contributed by atoms with Gasteiger partial charge >= 0.3 is 6.03 Å². The standard InChI is InChI=1S/C21H36N2O2/c1-6-8-16-23(15-7-2)20(24)22-14-9-17-25-19-12-10-18(11-13-19)21(3,4)5/h10-13H,6-9,14-17H2,1-5H3,(H,22,24). The molecule has 0 spiro atoms. The van der Waals surface area contributed by atoms with Gasteiger partial charge in [0.25, 0.3) is 0 Å². The molecule has 1 aromatic rings. The van der Waals surface area contributed by atoms with Crippen LogP contribution in [0.3, 0.4) is 0 Å². The molecule has 0 aromatic heterocycles. The van der Waals surface area contributed by atoms with Gasteiger partial charge in [0.1, 0.15) is 5.75 Å². The molecule has 1 aromatic carbocycles. The predicted molar refractivity (Wildman–Crippen MR) is 105 cm³/mol. The number of carbonyl (C=O) groups excluding carboxylic acids is 1. The van der Waals surface area contributed by atoms with E-state index in [1.165, 1.54) is 5.56 Å². The molecule has 0 unspecified atom stereocenters. The summed E-state index contributed by atoms with van der Waals surface area (Å²) in [6.07, 6.45) is 3.96. The lowest BCUT2D eigenvalue weighted by Gasteiger charge is -2.22. The van der Waals surface area contributed by atoms with Crippen LogP contribution in [0.2, 0.25) is 0 Å². The summed E-state index contributed by atoms with van der Waals surface area (Å²) in [7, 11) is 0. The largest absolute Gasteiger partial charge is 0.494 e. The van der Waals surface area contributed by atoms with Gasteiger partial charge in [-0.05, 0) is 42.4 Å². The second-order valence-electron chi connectivity index (χ2n) is 7.55. The average molecular weight is 349 g/mol. The third-order valence-corrected chi connectivity index (χ3v) is 4.15. The summed E-state index contributed by atoms with van der Waals surface area (Å²) in [5.74, 6) is 0.884. The second-order valence-corrected chi connectivity index (χ2v) is 7.55. The molecule has 4 heteroatoms. The highest BCUT2D eigenvalue weighted by Gasteiger charge is 2.13. The molecule has 4 nitrogen and oxygen atoms in total. The summed E-state index contributed by atoms with van der Waals surface area (Å²) in [5.41, 5.74) is 1.46. The topological polar surface area (TPSA) is 41.6 Å². The van der Waals surface area contributed by atoms with Crippen LogP contribution in [0.1, 0.15) is 65.9 Å². The molecule has 0 fully saturated rings. The smallest absolute Gasteiger partial charge is 0.317 e. The summed E-state index contributed by atoms with van der Waals surface area (Å²) in [6, 6.07) is 8.32. The van der Waals surface area contributed by atoms with Gasteiger partial charge in [-0.1, -0.05) is 53.2 Å². The van der Waals surface area contributed by atoms with Crippen LogP contribution >= 0.6 is 0 Å². The molecule has 0 heterocycles. The van der Waals surface area contributed by atoms with Crippen molar-refractivity contribution in [1.82, 2.24) is 10.2 Å². The maximum atomic E-state index is 12.2. The zero-order valence-corrected chi connectivity index (χ0v) is 16.7. The molecule has 0 bridgehead atoms. The van der Waals surface area contributed by atoms with Crippen molar-refractivity contribution in [2.75, 3.05) is 26.2 Å². The normalized spacial score (nSPS) is 11.2. The minimum Gasteiger partial charge on any atom is -0.494 e. The summed E-state index contributed by atoms with van der Waals surface area (Å²) < 4.78 is 5.76. The van der Waals surface area contributed by atoms with Crippen molar-refractivity contribution in [2.24, 2.45) is 0 Å². The molecule has 1 N–H and O–H groups in total. The Bertz CT molecular complexity index is 492. The Morgan fingerprint density at radius 2 is 1.72 bits per heavy atom. The molecular weight excluding hydrogens is 312 g/mol. The number of benzene rings is 1. The van der Waals surface area contributed by atoms with E-state index in [-0.39, 0.29) is 11.4 Å². The van der Waals surface area contributed by atoms with Crippen LogP contribution in [-0.4, -0.2) is 37.2 Å². The van der Waals surface area contributed by atoms with E-state index in [4.69, 9.17) is 4.74 Å². The van der Waals surface area contributed by atoms with Crippen LogP contribution < -0.4 is 10.1 Å². The minimum atomic E-state index is 0.0461. The predicted octanol–water partition coefficient (Wildman–Crippen LogP) is 4.97. The fourth-order valence-electron chi connectivity index (χ4n) is 2.55. The SMILES string of the molecule is CCCCN(CCC)C(=O)NCCCOc1ccc(C(C)(C)C)cc1. The van der Waals surface area contributed by atoms with E-state index >= 15 is 0 Å². The first-order valence-electron chi connectivity index (χ1n) is 9.64. The lowest BCUT2D eigenvalue weighted by Crippen LogP contribution is -2.41. The zero-order chi connectivity index (χ0) is 18.7. The van der Waals surface area contributed by atoms with E-state index in [9.17, 15) is 4.79 Å². The molecular formula is C21H36N2O2. The lowest BCUT2D eigenvalue weighted by molar-refractivity contribution is 0.196. The van der Waals surface area contributed by atoms with Gasteiger partial charge in [-0.25, -0.2) is 4.79 Å². The van der Waals surface area contributed by atoms with Crippen LogP contribution in [0.4, 0.5) is 4.79 Å². The maximum absolute atomic E-state index is 12.2. The first kappa shape index (κ1) is 21.3. The van der Waals surface area contributed by atoms with Gasteiger partial charge in [-0.2, -0.15) is 0 Å². The van der Waals surface area contributed by atoms with Gasteiger partial charge < -0.3 is 15.0 Å². The Morgan fingerprint density at radius 3 is 2.28 bits per heavy atom. The Morgan fingerprint density at radius 1 is 1.04 bits per heavy atom. The summed E-state index contributed by atoms with van der Waals surface area (Å²) in [5, 5.41) is 3.00. The molecule has 142 valence electrons. The highest BCUT2D eigenvalue weighted by Crippen LogP contribution is 2.24. The van der Waals surface area contributed by atoms with Crippen molar-refractivity contribution in [2.45, 2.75) is 65.7 Å². The number of nitrogens with zero attached hydrogens (tertiary/aromatic N) is 1. The van der Waals surface area contributed by atoms with Crippen LogP contribution in [0.5, 0.6) is 5.75 Å². The van der Waals surface area contributed by atoms with Crippen LogP contribution in [0.15, 0.2) is 24.3 Å². The lowest BCUT2D eigenvalue weighted by atomic mass is 9.87. The molecule has 0 aliphatic carbocycles. The number of hydrogen-bond donors (Lipinski definition) is 1. The average Bonchev–Trinajstić information content (AvgIpc) is 2.57. The highest BCUT2D eigenvalue weighted by atomic mass is 16.5. The zero-order valence-electron chi connectivity index (χ0n) is 16.7. The van der Waals surface area contributed by atoms with Gasteiger partial charge in [0, 0.05) is 19.6 Å². The molecule has 0 radical (unpaired) electrons. The number of nitrogens with one attached hydrogen (secondary N) is 1. The Labute approximate surface area is 153 Å². The van der Waals surface area contributed by atoms with Crippen molar-refractivity contribution in [3.8, 4) is 5.75 Å². The second kappa shape index (κ2) is 11.0. The van der Waals surface area contributed by atoms with Gasteiger partial charge in [-0.3, -0.25) is 0 Å².